The number of alkyl carbamates (subject to hydrolysis) is 1. The van der Waals surface area contributed by atoms with Gasteiger partial charge in [-0.2, -0.15) is 11.8 Å². The number of carboxylic acid groups (broad SMARTS) is 1. The summed E-state index contributed by atoms with van der Waals surface area (Å²) in [7, 11) is 0. The Morgan fingerprint density at radius 1 is 1.03 bits per heavy atom. The number of ether oxygens (including phenoxy) is 1. The topological polar surface area (TPSA) is 105 Å². The van der Waals surface area contributed by atoms with Crippen molar-refractivity contribution in [1.29, 1.82) is 0 Å². The standard InChI is InChI=1S/C25H30N2O5S/c1-16(2)22(13-24(29)30)27-23(28)15-33-12-11-26-25(31)32-14-21-19-9-5-3-7-17(19)18-8-4-6-10-20(18)21/h3-10,16,21-22H,11-15H2,1-2H3,(H,26,31)(H,27,28)(H,29,30)/t22-/m0/s1. The van der Waals surface area contributed by atoms with Gasteiger partial charge in [0.1, 0.15) is 6.61 Å². The van der Waals surface area contributed by atoms with Crippen molar-refractivity contribution in [1.82, 2.24) is 10.6 Å². The van der Waals surface area contributed by atoms with Crippen molar-refractivity contribution in [2.45, 2.75) is 32.2 Å². The number of nitrogens with one attached hydrogen (secondary N) is 2. The first-order valence-electron chi connectivity index (χ1n) is 11.0. The van der Waals surface area contributed by atoms with Gasteiger partial charge >= 0.3 is 12.1 Å². The van der Waals surface area contributed by atoms with E-state index in [0.29, 0.717) is 12.3 Å². The maximum absolute atomic E-state index is 12.2. The molecule has 0 heterocycles. The summed E-state index contributed by atoms with van der Waals surface area (Å²) in [5.74, 6) is -0.348. The Hall–Kier alpha value is -3.00. The molecule has 1 aliphatic rings. The number of rotatable bonds is 11. The minimum Gasteiger partial charge on any atom is -0.481 e. The molecule has 2 aromatic carbocycles. The molecule has 1 atom stereocenters. The molecule has 0 aromatic heterocycles. The minimum absolute atomic E-state index is 0.0147. The number of benzene rings is 2. The fraction of sp³-hybridized carbons (Fsp3) is 0.400. The quantitative estimate of drug-likeness (QED) is 0.431. The van der Waals surface area contributed by atoms with E-state index in [-0.39, 0.29) is 36.5 Å². The van der Waals surface area contributed by atoms with Gasteiger partial charge in [-0.25, -0.2) is 4.79 Å². The van der Waals surface area contributed by atoms with Gasteiger partial charge in [-0.15, -0.1) is 0 Å². The van der Waals surface area contributed by atoms with Gasteiger partial charge < -0.3 is 20.5 Å². The molecule has 33 heavy (non-hydrogen) atoms. The van der Waals surface area contributed by atoms with Crippen LogP contribution in [0.4, 0.5) is 4.79 Å². The van der Waals surface area contributed by atoms with Crippen LogP contribution in [0.2, 0.25) is 0 Å². The molecule has 3 rings (SSSR count). The molecule has 2 aromatic rings. The number of hydrogen-bond acceptors (Lipinski definition) is 5. The summed E-state index contributed by atoms with van der Waals surface area (Å²) in [4.78, 5) is 35.1. The number of fused-ring (bicyclic) bond motifs is 3. The van der Waals surface area contributed by atoms with Crippen LogP contribution in [-0.4, -0.2) is 53.8 Å². The number of carbonyl (C=O) groups is 3. The van der Waals surface area contributed by atoms with Gasteiger partial charge in [0, 0.05) is 24.3 Å². The van der Waals surface area contributed by atoms with Crippen molar-refractivity contribution in [3.8, 4) is 11.1 Å². The zero-order valence-electron chi connectivity index (χ0n) is 18.9. The zero-order valence-corrected chi connectivity index (χ0v) is 19.7. The lowest BCUT2D eigenvalue weighted by Gasteiger charge is -2.20. The van der Waals surface area contributed by atoms with E-state index in [1.807, 2.05) is 38.1 Å². The Morgan fingerprint density at radius 3 is 2.21 bits per heavy atom. The van der Waals surface area contributed by atoms with Crippen LogP contribution in [0.1, 0.15) is 37.3 Å². The van der Waals surface area contributed by atoms with Crippen molar-refractivity contribution in [3.63, 3.8) is 0 Å². The summed E-state index contributed by atoms with van der Waals surface area (Å²) in [6.07, 6.45) is -0.583. The van der Waals surface area contributed by atoms with Crippen LogP contribution in [0.25, 0.3) is 11.1 Å². The first-order chi connectivity index (χ1) is 15.9. The smallest absolute Gasteiger partial charge is 0.407 e. The van der Waals surface area contributed by atoms with Crippen molar-refractivity contribution < 1.29 is 24.2 Å². The van der Waals surface area contributed by atoms with E-state index in [1.54, 1.807) is 0 Å². The molecule has 0 spiro atoms. The van der Waals surface area contributed by atoms with Crippen molar-refractivity contribution in [3.05, 3.63) is 59.7 Å². The van der Waals surface area contributed by atoms with Crippen molar-refractivity contribution >= 4 is 29.7 Å². The Balaban J connectivity index is 1.37. The number of carboxylic acids is 1. The third-order valence-electron chi connectivity index (χ3n) is 5.64. The van der Waals surface area contributed by atoms with Crippen LogP contribution in [-0.2, 0) is 14.3 Å². The van der Waals surface area contributed by atoms with Crippen LogP contribution < -0.4 is 10.6 Å². The number of thioether (sulfide) groups is 1. The number of aliphatic carboxylic acids is 1. The molecule has 2 amide bonds. The van der Waals surface area contributed by atoms with Gasteiger partial charge in [-0.3, -0.25) is 9.59 Å². The molecule has 0 fully saturated rings. The summed E-state index contributed by atoms with van der Waals surface area (Å²) in [6.45, 7) is 4.38. The van der Waals surface area contributed by atoms with E-state index >= 15 is 0 Å². The number of amides is 2. The van der Waals surface area contributed by atoms with E-state index < -0.39 is 18.1 Å². The molecule has 8 heteroatoms. The molecule has 0 unspecified atom stereocenters. The predicted octanol–water partition coefficient (Wildman–Crippen LogP) is 3.87. The summed E-state index contributed by atoms with van der Waals surface area (Å²) in [5, 5.41) is 14.4. The van der Waals surface area contributed by atoms with E-state index in [4.69, 9.17) is 9.84 Å². The number of hydrogen-bond donors (Lipinski definition) is 3. The zero-order chi connectivity index (χ0) is 23.8. The Morgan fingerprint density at radius 2 is 1.64 bits per heavy atom. The monoisotopic (exact) mass is 470 g/mol. The fourth-order valence-electron chi connectivity index (χ4n) is 3.93. The van der Waals surface area contributed by atoms with E-state index in [0.717, 1.165) is 11.1 Å². The van der Waals surface area contributed by atoms with Crippen molar-refractivity contribution in [2.24, 2.45) is 5.92 Å². The Bertz CT molecular complexity index is 949. The summed E-state index contributed by atoms with van der Waals surface area (Å²) in [6, 6.07) is 15.9. The molecule has 7 nitrogen and oxygen atoms in total. The second kappa shape index (κ2) is 11.7. The highest BCUT2D eigenvalue weighted by molar-refractivity contribution is 7.99. The molecule has 0 radical (unpaired) electrons. The van der Waals surface area contributed by atoms with E-state index in [9.17, 15) is 14.4 Å². The van der Waals surface area contributed by atoms with Gasteiger partial charge in [-0.1, -0.05) is 62.4 Å². The lowest BCUT2D eigenvalue weighted by atomic mass is 9.98. The largest absolute Gasteiger partial charge is 0.481 e. The molecule has 0 saturated heterocycles. The third kappa shape index (κ3) is 6.74. The number of carbonyl (C=O) groups excluding carboxylic acids is 2. The normalized spacial score (nSPS) is 13.2. The lowest BCUT2D eigenvalue weighted by molar-refractivity contribution is -0.138. The molecule has 0 saturated carbocycles. The maximum Gasteiger partial charge on any atom is 0.407 e. The SMILES string of the molecule is CC(C)[C@H](CC(=O)O)NC(=O)CSCCNC(=O)OCC1c2ccccc2-c2ccccc21. The van der Waals surface area contributed by atoms with Gasteiger partial charge in [0.2, 0.25) is 5.91 Å². The van der Waals surface area contributed by atoms with Crippen LogP contribution in [0.5, 0.6) is 0 Å². The highest BCUT2D eigenvalue weighted by Gasteiger charge is 2.29. The predicted molar refractivity (Wildman–Crippen MR) is 129 cm³/mol. The van der Waals surface area contributed by atoms with Crippen LogP contribution >= 0.6 is 11.8 Å². The first-order valence-corrected chi connectivity index (χ1v) is 12.2. The van der Waals surface area contributed by atoms with Crippen LogP contribution in [0.3, 0.4) is 0 Å². The van der Waals surface area contributed by atoms with E-state index in [1.165, 1.54) is 22.9 Å². The van der Waals surface area contributed by atoms with Gasteiger partial charge in [0.15, 0.2) is 0 Å². The van der Waals surface area contributed by atoms with Crippen molar-refractivity contribution in [2.75, 3.05) is 24.7 Å². The highest BCUT2D eigenvalue weighted by Crippen LogP contribution is 2.44. The molecular weight excluding hydrogens is 440 g/mol. The first kappa shape index (κ1) is 24.6. The molecular formula is C25H30N2O5S. The Kier molecular flexibility index (Phi) is 8.77. The maximum atomic E-state index is 12.2. The molecule has 0 bridgehead atoms. The second-order valence-corrected chi connectivity index (χ2v) is 9.43. The van der Waals surface area contributed by atoms with Crippen LogP contribution in [0.15, 0.2) is 48.5 Å². The summed E-state index contributed by atoms with van der Waals surface area (Å²) in [5.41, 5.74) is 4.69. The molecule has 0 aliphatic heterocycles. The molecule has 3 N–H and O–H groups in total. The van der Waals surface area contributed by atoms with E-state index in [2.05, 4.69) is 34.9 Å². The second-order valence-electron chi connectivity index (χ2n) is 8.32. The van der Waals surface area contributed by atoms with Gasteiger partial charge in [0.25, 0.3) is 0 Å². The summed E-state index contributed by atoms with van der Waals surface area (Å²) >= 11 is 1.37. The minimum atomic E-state index is -0.936. The highest BCUT2D eigenvalue weighted by atomic mass is 32.2. The van der Waals surface area contributed by atoms with Gasteiger partial charge in [-0.05, 0) is 28.2 Å². The average Bonchev–Trinajstić information content (AvgIpc) is 3.10. The summed E-state index contributed by atoms with van der Waals surface area (Å²) < 4.78 is 5.49. The molecule has 176 valence electrons. The van der Waals surface area contributed by atoms with Crippen LogP contribution in [0, 0.1) is 5.92 Å². The fourth-order valence-corrected chi connectivity index (χ4v) is 4.59. The average molecular weight is 471 g/mol. The lowest BCUT2D eigenvalue weighted by Crippen LogP contribution is -2.41. The Labute approximate surface area is 198 Å². The third-order valence-corrected chi connectivity index (χ3v) is 6.60. The molecule has 1 aliphatic carbocycles. The van der Waals surface area contributed by atoms with Gasteiger partial charge in [0.05, 0.1) is 12.2 Å².